The van der Waals surface area contributed by atoms with Crippen molar-refractivity contribution in [2.24, 2.45) is 11.8 Å². The first-order chi connectivity index (χ1) is 20.0. The predicted molar refractivity (Wildman–Crippen MR) is 142 cm³/mol. The van der Waals surface area contributed by atoms with E-state index >= 15 is 0 Å². The van der Waals surface area contributed by atoms with Gasteiger partial charge in [0, 0.05) is 18.4 Å². The van der Waals surface area contributed by atoms with E-state index in [1.807, 2.05) is 0 Å². The first-order valence-electron chi connectivity index (χ1n) is 12.9. The molecule has 0 aliphatic heterocycles. The topological polar surface area (TPSA) is 296 Å². The van der Waals surface area contributed by atoms with Gasteiger partial charge in [0.1, 0.15) is 30.2 Å². The molecule has 0 bridgehead atoms. The quantitative estimate of drug-likeness (QED) is 0.0986. The lowest BCUT2D eigenvalue weighted by molar-refractivity contribution is -0.0228. The summed E-state index contributed by atoms with van der Waals surface area (Å²) in [6.07, 6.45) is -1.23. The number of nitrogens with two attached hydrogens (primary N) is 2. The molecule has 1 unspecified atom stereocenters. The van der Waals surface area contributed by atoms with Crippen LogP contribution in [0.4, 0.5) is 11.8 Å². The smallest absolute Gasteiger partial charge is 0.396 e. The van der Waals surface area contributed by atoms with Crippen LogP contribution in [0.3, 0.4) is 0 Å². The van der Waals surface area contributed by atoms with E-state index in [1.165, 1.54) is 23.5 Å². The predicted octanol–water partition coefficient (Wildman–Crippen LogP) is -2.18. The highest BCUT2D eigenvalue weighted by Crippen LogP contribution is 2.51. The van der Waals surface area contributed by atoms with E-state index in [2.05, 4.69) is 29.9 Å². The number of aliphatic hydroxyl groups is 4. The lowest BCUT2D eigenvalue weighted by Crippen LogP contribution is -2.33. The summed E-state index contributed by atoms with van der Waals surface area (Å²) in [5.74, 6) is -1.59. The average molecular weight is 609 g/mol. The molecule has 6 rings (SSSR count). The van der Waals surface area contributed by atoms with Gasteiger partial charge in [0.05, 0.1) is 37.4 Å². The first-order valence-corrected chi connectivity index (χ1v) is 14.4. The van der Waals surface area contributed by atoms with Gasteiger partial charge in [0.15, 0.2) is 22.6 Å². The molecule has 42 heavy (non-hydrogen) atoms. The Labute approximate surface area is 235 Å². The third-order valence-corrected chi connectivity index (χ3v) is 8.99. The number of anilines is 2. The Morgan fingerprint density at radius 1 is 0.952 bits per heavy atom. The molecule has 4 aromatic heterocycles. The zero-order valence-corrected chi connectivity index (χ0v) is 22.7. The van der Waals surface area contributed by atoms with Crippen molar-refractivity contribution in [3.05, 3.63) is 29.3 Å². The standard InChI is InChI=1S/C22H29N10O9P/c23-18-12-19(26-5-25-18)31(6-27-12)11-1-8(3-33)17(16(11)36)41-42(38,39)40-4-9-2-10(15(35)14(9)34)32-7-28-13-20(32)29-22(24)30-21(13)37/h5-11,14-17,33-36H,1-4H2,(H,38,39)(H2,23,25,26)(H3,24,29,30,37)/t8-,9-,10-,11-,14-,15+,16+,17-/m1/s1. The molecular weight excluding hydrogens is 579 g/mol. The molecule has 10 N–H and O–H groups in total. The fraction of sp³-hybridized carbons (Fsp3) is 0.545. The molecule has 4 aromatic rings. The summed E-state index contributed by atoms with van der Waals surface area (Å²) < 4.78 is 26.5. The second kappa shape index (κ2) is 10.6. The van der Waals surface area contributed by atoms with Gasteiger partial charge < -0.3 is 45.9 Å². The number of phosphoric ester groups is 1. The molecule has 4 heterocycles. The maximum Gasteiger partial charge on any atom is 0.472 e. The van der Waals surface area contributed by atoms with Gasteiger partial charge in [-0.1, -0.05) is 0 Å². The summed E-state index contributed by atoms with van der Waals surface area (Å²) in [4.78, 5) is 45.3. The number of nitrogens with zero attached hydrogens (tertiary/aromatic N) is 7. The van der Waals surface area contributed by atoms with Crippen molar-refractivity contribution in [1.82, 2.24) is 39.0 Å². The first kappa shape index (κ1) is 28.6. The van der Waals surface area contributed by atoms with Crippen molar-refractivity contribution in [1.29, 1.82) is 0 Å². The molecule has 0 radical (unpaired) electrons. The molecule has 226 valence electrons. The zero-order chi connectivity index (χ0) is 29.9. The molecule has 19 nitrogen and oxygen atoms in total. The summed E-state index contributed by atoms with van der Waals surface area (Å²) in [6.45, 7) is -0.957. The largest absolute Gasteiger partial charge is 0.472 e. The van der Waals surface area contributed by atoms with Crippen LogP contribution in [0.1, 0.15) is 24.9 Å². The van der Waals surface area contributed by atoms with E-state index < -0.39 is 74.9 Å². The number of aromatic amines is 1. The lowest BCUT2D eigenvalue weighted by atomic mass is 10.1. The van der Waals surface area contributed by atoms with Crippen LogP contribution in [-0.4, -0.2) is 102 Å². The van der Waals surface area contributed by atoms with Gasteiger partial charge in [-0.2, -0.15) is 4.98 Å². The highest BCUT2D eigenvalue weighted by molar-refractivity contribution is 7.47. The molecule has 2 fully saturated rings. The van der Waals surface area contributed by atoms with E-state index in [-0.39, 0.29) is 35.8 Å². The molecule has 2 aliphatic rings. The zero-order valence-electron chi connectivity index (χ0n) is 21.8. The number of H-pyrrole nitrogens is 1. The van der Waals surface area contributed by atoms with E-state index in [9.17, 15) is 34.7 Å². The number of fused-ring (bicyclic) bond motifs is 2. The number of phosphoric acid groups is 1. The van der Waals surface area contributed by atoms with Gasteiger partial charge in [-0.3, -0.25) is 18.8 Å². The second-order valence-electron chi connectivity index (χ2n) is 10.5. The lowest BCUT2D eigenvalue weighted by Gasteiger charge is -2.25. The molecular formula is C22H29N10O9P. The van der Waals surface area contributed by atoms with E-state index in [0.717, 1.165) is 0 Å². The van der Waals surface area contributed by atoms with E-state index in [0.29, 0.717) is 11.2 Å². The highest BCUT2D eigenvalue weighted by Gasteiger charge is 2.49. The molecule has 0 spiro atoms. The number of aromatic nitrogens is 8. The minimum absolute atomic E-state index is 0.00896. The third-order valence-electron chi connectivity index (χ3n) is 8.00. The summed E-state index contributed by atoms with van der Waals surface area (Å²) in [5.41, 5.74) is 11.7. The van der Waals surface area contributed by atoms with Crippen LogP contribution >= 0.6 is 7.82 Å². The maximum atomic E-state index is 13.0. The van der Waals surface area contributed by atoms with Crippen LogP contribution in [0.2, 0.25) is 0 Å². The van der Waals surface area contributed by atoms with Gasteiger partial charge in [0.2, 0.25) is 5.95 Å². The molecule has 2 saturated carbocycles. The van der Waals surface area contributed by atoms with Crippen LogP contribution in [0.15, 0.2) is 23.8 Å². The fourth-order valence-electron chi connectivity index (χ4n) is 5.90. The van der Waals surface area contributed by atoms with Gasteiger partial charge >= 0.3 is 7.82 Å². The van der Waals surface area contributed by atoms with Crippen molar-refractivity contribution in [2.45, 2.75) is 49.3 Å². The van der Waals surface area contributed by atoms with Crippen molar-refractivity contribution in [2.75, 3.05) is 24.7 Å². The highest BCUT2D eigenvalue weighted by atomic mass is 31.2. The normalized spacial score (nSPS) is 31.3. The minimum atomic E-state index is -4.85. The molecule has 2 aliphatic carbocycles. The number of imidazole rings is 2. The number of nitrogens with one attached hydrogen (secondary N) is 1. The Bertz CT molecular complexity index is 1730. The third kappa shape index (κ3) is 4.82. The van der Waals surface area contributed by atoms with Crippen LogP contribution in [-0.2, 0) is 13.6 Å². The molecule has 9 atom stereocenters. The fourth-order valence-corrected chi connectivity index (χ4v) is 6.94. The average Bonchev–Trinajstić information content (AvgIpc) is 3.69. The number of hydrogen-bond acceptors (Lipinski definition) is 15. The summed E-state index contributed by atoms with van der Waals surface area (Å²) in [5, 5.41) is 42.4. The molecule has 0 amide bonds. The number of nitrogen functional groups attached to an aromatic ring is 2. The second-order valence-corrected chi connectivity index (χ2v) is 11.9. The van der Waals surface area contributed by atoms with Crippen LogP contribution in [0, 0.1) is 11.8 Å². The number of hydrogen-bond donors (Lipinski definition) is 8. The summed E-state index contributed by atoms with van der Waals surface area (Å²) in [7, 11) is -4.85. The SMILES string of the molecule is Nc1nc2c(ncn2[C@@H]2C[C@H](COP(=O)(O)O[C@@H]3[C@@H](CO)C[C@@H](n4cnc5c(N)ncnc54)[C@@H]3O)[C@@H](O)[C@H]2O)c(=O)[nH]1. The Hall–Kier alpha value is -3.55. The van der Waals surface area contributed by atoms with Gasteiger partial charge in [-0.25, -0.2) is 24.5 Å². The van der Waals surface area contributed by atoms with Gasteiger partial charge in [-0.15, -0.1) is 0 Å². The Morgan fingerprint density at radius 3 is 2.36 bits per heavy atom. The van der Waals surface area contributed by atoms with E-state index in [4.69, 9.17) is 20.5 Å². The molecule has 0 aromatic carbocycles. The number of aliphatic hydroxyl groups excluding tert-OH is 4. The van der Waals surface area contributed by atoms with Gasteiger partial charge in [0.25, 0.3) is 5.56 Å². The molecule has 0 saturated heterocycles. The van der Waals surface area contributed by atoms with Crippen LogP contribution in [0.25, 0.3) is 22.3 Å². The Morgan fingerprint density at radius 2 is 1.62 bits per heavy atom. The number of rotatable bonds is 8. The maximum absolute atomic E-state index is 13.0. The summed E-state index contributed by atoms with van der Waals surface area (Å²) in [6, 6.07) is -1.52. The van der Waals surface area contributed by atoms with Crippen LogP contribution < -0.4 is 17.0 Å². The minimum Gasteiger partial charge on any atom is -0.396 e. The van der Waals surface area contributed by atoms with Crippen molar-refractivity contribution < 1.29 is 38.9 Å². The summed E-state index contributed by atoms with van der Waals surface area (Å²) >= 11 is 0. The van der Waals surface area contributed by atoms with Crippen molar-refractivity contribution in [3.63, 3.8) is 0 Å². The Kier molecular flexibility index (Phi) is 7.22. The van der Waals surface area contributed by atoms with Crippen molar-refractivity contribution >= 4 is 41.9 Å². The van der Waals surface area contributed by atoms with Crippen molar-refractivity contribution in [3.8, 4) is 0 Å². The van der Waals surface area contributed by atoms with E-state index in [1.54, 1.807) is 4.57 Å². The van der Waals surface area contributed by atoms with Gasteiger partial charge in [-0.05, 0) is 12.8 Å². The van der Waals surface area contributed by atoms with Crippen LogP contribution in [0.5, 0.6) is 0 Å². The Balaban J connectivity index is 1.14. The monoisotopic (exact) mass is 608 g/mol. The molecule has 20 heteroatoms.